The van der Waals surface area contributed by atoms with Crippen LogP contribution in [0.4, 0.5) is 0 Å². The van der Waals surface area contributed by atoms with Crippen LogP contribution < -0.4 is 0 Å². The van der Waals surface area contributed by atoms with Crippen LogP contribution in [0.1, 0.15) is 17.9 Å². The summed E-state index contributed by atoms with van der Waals surface area (Å²) in [6.45, 7) is 0.395. The van der Waals surface area contributed by atoms with Gasteiger partial charge in [0.05, 0.1) is 23.3 Å². The van der Waals surface area contributed by atoms with Crippen LogP contribution in [0.3, 0.4) is 0 Å². The van der Waals surface area contributed by atoms with Crippen LogP contribution in [0.25, 0.3) is 0 Å². The molecule has 1 unspecified atom stereocenters. The zero-order chi connectivity index (χ0) is 17.5. The van der Waals surface area contributed by atoms with Crippen LogP contribution in [0.15, 0.2) is 24.3 Å². The summed E-state index contributed by atoms with van der Waals surface area (Å²) in [5.41, 5.74) is 0.821. The third kappa shape index (κ3) is 3.42. The van der Waals surface area contributed by atoms with Crippen molar-refractivity contribution >= 4 is 33.3 Å². The van der Waals surface area contributed by atoms with Crippen LogP contribution in [-0.4, -0.2) is 54.9 Å². The predicted octanol–water partition coefficient (Wildman–Crippen LogP) is 1.40. The van der Waals surface area contributed by atoms with Crippen LogP contribution in [0.5, 0.6) is 0 Å². The quantitative estimate of drug-likeness (QED) is 0.867. The first-order chi connectivity index (χ1) is 11.3. The molecule has 1 aromatic rings. The van der Waals surface area contributed by atoms with Gasteiger partial charge in [0.25, 0.3) is 0 Å². The Hall–Kier alpha value is -1.60. The van der Waals surface area contributed by atoms with Gasteiger partial charge in [-0.25, -0.2) is 8.42 Å². The summed E-state index contributed by atoms with van der Waals surface area (Å²) in [6, 6.07) is 6.95. The highest BCUT2D eigenvalue weighted by Crippen LogP contribution is 2.35. The Balaban J connectivity index is 1.79. The summed E-state index contributed by atoms with van der Waals surface area (Å²) >= 11 is 5.87. The molecule has 0 aromatic heterocycles. The van der Waals surface area contributed by atoms with E-state index in [2.05, 4.69) is 0 Å². The smallest absolute Gasteiger partial charge is 0.308 e. The first-order valence-corrected chi connectivity index (χ1v) is 9.94. The number of sulfone groups is 1. The van der Waals surface area contributed by atoms with Crippen LogP contribution >= 0.6 is 11.6 Å². The lowest BCUT2D eigenvalue weighted by Gasteiger charge is -2.19. The van der Waals surface area contributed by atoms with Gasteiger partial charge in [-0.2, -0.15) is 0 Å². The first kappa shape index (κ1) is 17.2. The number of halogens is 1. The van der Waals surface area contributed by atoms with E-state index in [9.17, 15) is 23.1 Å². The Bertz CT molecular complexity index is 761. The maximum absolute atomic E-state index is 12.6. The lowest BCUT2D eigenvalue weighted by Crippen LogP contribution is -2.35. The molecular weight excluding hydrogens is 354 g/mol. The van der Waals surface area contributed by atoms with Crippen LogP contribution in [0.2, 0.25) is 5.02 Å². The van der Waals surface area contributed by atoms with Crippen molar-refractivity contribution in [3.05, 3.63) is 34.9 Å². The van der Waals surface area contributed by atoms with Crippen molar-refractivity contribution < 1.29 is 23.1 Å². The number of carboxylic acid groups (broad SMARTS) is 1. The highest BCUT2D eigenvalue weighted by Gasteiger charge is 2.43. The first-order valence-electron chi connectivity index (χ1n) is 7.74. The molecule has 2 aliphatic heterocycles. The number of hydrogen-bond donors (Lipinski definition) is 1. The second kappa shape index (κ2) is 6.37. The van der Waals surface area contributed by atoms with E-state index in [1.807, 2.05) is 0 Å². The number of likely N-dealkylation sites (tertiary alicyclic amines) is 1. The average Bonchev–Trinajstić information content (AvgIpc) is 3.11. The van der Waals surface area contributed by atoms with Crippen molar-refractivity contribution in [3.63, 3.8) is 0 Å². The van der Waals surface area contributed by atoms with Gasteiger partial charge < -0.3 is 10.0 Å². The largest absolute Gasteiger partial charge is 0.481 e. The van der Waals surface area contributed by atoms with E-state index in [4.69, 9.17) is 11.6 Å². The molecule has 6 nitrogen and oxygen atoms in total. The fourth-order valence-electron chi connectivity index (χ4n) is 3.53. The number of benzene rings is 1. The standard InChI is InChI=1S/C16H18ClNO5S/c17-12-3-1-10(2-4-12)13-7-18(8-14(13)16(20)21)15(19)11-5-6-24(22,23)9-11/h1-4,11,13-14H,5-9H2,(H,20,21)/t11?,13-,14+/m0/s1. The van der Waals surface area contributed by atoms with Crippen molar-refractivity contribution in [1.29, 1.82) is 0 Å². The SMILES string of the molecule is O=C(O)[C@@H]1CN(C(=O)C2CCS(=O)(=O)C2)C[C@H]1c1ccc(Cl)cc1. The van der Waals surface area contributed by atoms with E-state index in [-0.39, 0.29) is 36.4 Å². The number of nitrogens with zero attached hydrogens (tertiary/aromatic N) is 1. The summed E-state index contributed by atoms with van der Waals surface area (Å²) in [4.78, 5) is 25.7. The van der Waals surface area contributed by atoms with E-state index in [1.54, 1.807) is 24.3 Å². The van der Waals surface area contributed by atoms with Gasteiger partial charge in [0.2, 0.25) is 5.91 Å². The number of carbonyl (C=O) groups is 2. The number of rotatable bonds is 3. The number of hydrogen-bond acceptors (Lipinski definition) is 4. The van der Waals surface area contributed by atoms with Gasteiger partial charge in [-0.15, -0.1) is 0 Å². The minimum absolute atomic E-state index is 0.0280. The van der Waals surface area contributed by atoms with Crippen molar-refractivity contribution in [2.75, 3.05) is 24.6 Å². The monoisotopic (exact) mass is 371 g/mol. The number of aliphatic carboxylic acids is 1. The normalized spacial score (nSPS) is 28.9. The van der Waals surface area contributed by atoms with Crippen LogP contribution in [0, 0.1) is 11.8 Å². The fraction of sp³-hybridized carbons (Fsp3) is 0.500. The van der Waals surface area contributed by atoms with Gasteiger partial charge in [-0.05, 0) is 24.1 Å². The second-order valence-electron chi connectivity index (χ2n) is 6.45. The zero-order valence-electron chi connectivity index (χ0n) is 12.9. The highest BCUT2D eigenvalue weighted by molar-refractivity contribution is 7.91. The second-order valence-corrected chi connectivity index (χ2v) is 9.11. The van der Waals surface area contributed by atoms with E-state index in [0.717, 1.165) is 5.56 Å². The molecule has 130 valence electrons. The zero-order valence-corrected chi connectivity index (χ0v) is 14.5. The van der Waals surface area contributed by atoms with E-state index in [0.29, 0.717) is 11.4 Å². The minimum atomic E-state index is -3.15. The van der Waals surface area contributed by atoms with Crippen molar-refractivity contribution in [2.24, 2.45) is 11.8 Å². The maximum atomic E-state index is 12.6. The lowest BCUT2D eigenvalue weighted by atomic mass is 9.89. The lowest BCUT2D eigenvalue weighted by molar-refractivity contribution is -0.142. The molecule has 0 saturated carbocycles. The molecule has 3 rings (SSSR count). The molecule has 0 spiro atoms. The molecule has 2 aliphatic rings. The van der Waals surface area contributed by atoms with E-state index in [1.165, 1.54) is 4.90 Å². The topological polar surface area (TPSA) is 91.8 Å². The molecule has 24 heavy (non-hydrogen) atoms. The molecule has 0 radical (unpaired) electrons. The van der Waals surface area contributed by atoms with Crippen molar-refractivity contribution in [1.82, 2.24) is 4.90 Å². The average molecular weight is 372 g/mol. The summed E-state index contributed by atoms with van der Waals surface area (Å²) < 4.78 is 23.1. The van der Waals surface area contributed by atoms with Crippen LogP contribution in [-0.2, 0) is 19.4 Å². The molecular formula is C16H18ClNO5S. The molecule has 1 amide bonds. The Kier molecular flexibility index (Phi) is 4.57. The molecule has 1 N–H and O–H groups in total. The molecule has 3 atom stereocenters. The molecule has 0 aliphatic carbocycles. The minimum Gasteiger partial charge on any atom is -0.481 e. The third-order valence-corrected chi connectivity index (χ3v) is 6.85. The molecule has 0 bridgehead atoms. The number of carboxylic acids is 1. The number of amides is 1. The highest BCUT2D eigenvalue weighted by atomic mass is 35.5. The van der Waals surface area contributed by atoms with Crippen molar-refractivity contribution in [2.45, 2.75) is 12.3 Å². The van der Waals surface area contributed by atoms with Gasteiger partial charge in [-0.1, -0.05) is 23.7 Å². The Morgan fingerprint density at radius 3 is 2.38 bits per heavy atom. The molecule has 8 heteroatoms. The maximum Gasteiger partial charge on any atom is 0.308 e. The Morgan fingerprint density at radius 1 is 1.17 bits per heavy atom. The predicted molar refractivity (Wildman–Crippen MR) is 88.7 cm³/mol. The summed E-state index contributed by atoms with van der Waals surface area (Å²) in [5.74, 6) is -2.88. The Labute approximate surface area is 145 Å². The molecule has 2 fully saturated rings. The van der Waals surface area contributed by atoms with Gasteiger partial charge in [0.15, 0.2) is 9.84 Å². The van der Waals surface area contributed by atoms with Gasteiger partial charge in [-0.3, -0.25) is 9.59 Å². The van der Waals surface area contributed by atoms with Gasteiger partial charge >= 0.3 is 5.97 Å². The number of carbonyl (C=O) groups excluding carboxylic acids is 1. The summed E-state index contributed by atoms with van der Waals surface area (Å²) in [6.07, 6.45) is 0.320. The summed E-state index contributed by atoms with van der Waals surface area (Å²) in [7, 11) is -3.15. The van der Waals surface area contributed by atoms with Crippen molar-refractivity contribution in [3.8, 4) is 0 Å². The third-order valence-electron chi connectivity index (χ3n) is 4.83. The molecule has 2 saturated heterocycles. The molecule has 1 aromatic carbocycles. The summed E-state index contributed by atoms with van der Waals surface area (Å²) in [5, 5.41) is 10.1. The van der Waals surface area contributed by atoms with E-state index >= 15 is 0 Å². The van der Waals surface area contributed by atoms with Gasteiger partial charge in [0, 0.05) is 24.0 Å². The van der Waals surface area contributed by atoms with Gasteiger partial charge in [0.1, 0.15) is 0 Å². The fourth-order valence-corrected chi connectivity index (χ4v) is 5.39. The van der Waals surface area contributed by atoms with E-state index < -0.39 is 27.6 Å². The Morgan fingerprint density at radius 2 is 1.83 bits per heavy atom. The molecule has 2 heterocycles.